The molecule has 0 aliphatic carbocycles. The van der Waals surface area contributed by atoms with E-state index in [2.05, 4.69) is 138 Å². The van der Waals surface area contributed by atoms with Crippen LogP contribution in [0, 0.1) is 19.9 Å². The van der Waals surface area contributed by atoms with Gasteiger partial charge in [0.25, 0.3) is 0 Å². The minimum Gasteiger partial charge on any atom is -0.656 e. The van der Waals surface area contributed by atoms with Crippen LogP contribution in [-0.2, 0) is 21.1 Å². The Morgan fingerprint density at radius 2 is 1.40 bits per heavy atom. The van der Waals surface area contributed by atoms with Crippen LogP contribution in [0.2, 0.25) is 0 Å². The SMILES string of the molecule is Cc1cccc(-n2c(-c3cccc4c3[n-]c3ccccc34)nc3c(-c4[c-]c5c(cc4)c4cc6c(cc4n5-c4ccccn4)oc4ccccc46)cc(C)cc32)c1.[Pt+2]. The van der Waals surface area contributed by atoms with Crippen molar-refractivity contribution in [1.29, 1.82) is 0 Å². The summed E-state index contributed by atoms with van der Waals surface area (Å²) in [7, 11) is 0. The van der Waals surface area contributed by atoms with E-state index in [1.54, 1.807) is 0 Å². The normalized spacial score (nSPS) is 11.9. The monoisotopic (exact) mass is 912 g/mol. The molecule has 0 aliphatic rings. The molecule has 0 unspecified atom stereocenters. The molecule has 5 heterocycles. The fourth-order valence-electron chi connectivity index (χ4n) is 8.75. The van der Waals surface area contributed by atoms with Crippen LogP contribution >= 0.6 is 0 Å². The van der Waals surface area contributed by atoms with Gasteiger partial charge in [0.15, 0.2) is 0 Å². The van der Waals surface area contributed by atoms with Crippen LogP contribution in [0.25, 0.3) is 111 Å². The van der Waals surface area contributed by atoms with Crippen LogP contribution in [0.3, 0.4) is 0 Å². The molecule has 0 aliphatic heterocycles. The summed E-state index contributed by atoms with van der Waals surface area (Å²) < 4.78 is 10.9. The number of benzene rings is 7. The summed E-state index contributed by atoms with van der Waals surface area (Å²) in [6, 6.07) is 54.9. The van der Waals surface area contributed by atoms with Gasteiger partial charge in [-0.25, -0.2) is 9.97 Å². The molecule has 5 aromatic heterocycles. The number of hydrogen-bond donors (Lipinski definition) is 0. The fraction of sp³-hybridized carbons (Fsp3) is 0.0400. The molecule has 6 nitrogen and oxygen atoms in total. The van der Waals surface area contributed by atoms with E-state index < -0.39 is 0 Å². The first-order chi connectivity index (χ1) is 27.6. The molecule has 0 saturated carbocycles. The number of fused-ring (bicyclic) bond motifs is 10. The van der Waals surface area contributed by atoms with E-state index >= 15 is 0 Å². The van der Waals surface area contributed by atoms with Gasteiger partial charge in [0.2, 0.25) is 0 Å². The van der Waals surface area contributed by atoms with Crippen LogP contribution in [-0.4, -0.2) is 19.1 Å². The van der Waals surface area contributed by atoms with Crippen molar-refractivity contribution in [2.75, 3.05) is 0 Å². The number of aryl methyl sites for hydroxylation is 2. The molecule has 7 heteroatoms. The first-order valence-corrected chi connectivity index (χ1v) is 18.9. The second-order valence-corrected chi connectivity index (χ2v) is 14.7. The van der Waals surface area contributed by atoms with Crippen LogP contribution < -0.4 is 4.98 Å². The van der Waals surface area contributed by atoms with Gasteiger partial charge < -0.3 is 14.0 Å². The minimum atomic E-state index is 0. The number of hydrogen-bond acceptors (Lipinski definition) is 3. The zero-order valence-corrected chi connectivity index (χ0v) is 33.2. The number of rotatable bonds is 4. The van der Waals surface area contributed by atoms with Crippen LogP contribution in [0.15, 0.2) is 156 Å². The van der Waals surface area contributed by atoms with Crippen LogP contribution in [0.5, 0.6) is 0 Å². The van der Waals surface area contributed by atoms with Crippen molar-refractivity contribution in [3.63, 3.8) is 0 Å². The van der Waals surface area contributed by atoms with E-state index in [-0.39, 0.29) is 21.1 Å². The maximum absolute atomic E-state index is 6.38. The van der Waals surface area contributed by atoms with Crippen LogP contribution in [0.1, 0.15) is 11.1 Å². The molecule has 0 atom stereocenters. The molecule has 7 aromatic carbocycles. The van der Waals surface area contributed by atoms with E-state index in [9.17, 15) is 0 Å². The maximum atomic E-state index is 6.38. The number of imidazole rings is 1. The first-order valence-electron chi connectivity index (χ1n) is 18.9. The van der Waals surface area contributed by atoms with Crippen molar-refractivity contribution < 1.29 is 25.5 Å². The molecule has 12 aromatic rings. The second-order valence-electron chi connectivity index (χ2n) is 14.7. The smallest absolute Gasteiger partial charge is 0.656 e. The Morgan fingerprint density at radius 1 is 0.579 bits per heavy atom. The molecule has 0 radical (unpaired) electrons. The largest absolute Gasteiger partial charge is 2.00 e. The van der Waals surface area contributed by atoms with Crippen molar-refractivity contribution in [2.24, 2.45) is 0 Å². The third-order valence-electron chi connectivity index (χ3n) is 11.2. The minimum absolute atomic E-state index is 0. The molecule has 0 N–H and O–H groups in total. The van der Waals surface area contributed by atoms with Gasteiger partial charge in [0.05, 0.1) is 11.0 Å². The quantitative estimate of drug-likeness (QED) is 0.165. The van der Waals surface area contributed by atoms with Crippen molar-refractivity contribution in [2.45, 2.75) is 13.8 Å². The van der Waals surface area contributed by atoms with Gasteiger partial charge in [-0.1, -0.05) is 101 Å². The van der Waals surface area contributed by atoms with Gasteiger partial charge >= 0.3 is 21.1 Å². The van der Waals surface area contributed by atoms with E-state index in [4.69, 9.17) is 19.4 Å². The Bertz CT molecular complexity index is 3570. The zero-order chi connectivity index (χ0) is 37.1. The van der Waals surface area contributed by atoms with Gasteiger partial charge in [-0.15, -0.1) is 34.8 Å². The van der Waals surface area contributed by atoms with E-state index in [1.807, 2.05) is 42.6 Å². The molecule has 0 fully saturated rings. The number of furan rings is 1. The predicted molar refractivity (Wildman–Crippen MR) is 228 cm³/mol. The molecule has 0 amide bonds. The third kappa shape index (κ3) is 5.00. The summed E-state index contributed by atoms with van der Waals surface area (Å²) in [4.78, 5) is 15.6. The Hall–Kier alpha value is -6.75. The summed E-state index contributed by atoms with van der Waals surface area (Å²) in [5, 5.41) is 6.68. The number of pyridine rings is 1. The molecule has 272 valence electrons. The Kier molecular flexibility index (Phi) is 7.44. The van der Waals surface area contributed by atoms with Gasteiger partial charge in [0.1, 0.15) is 22.8 Å². The van der Waals surface area contributed by atoms with Crippen LogP contribution in [0.4, 0.5) is 0 Å². The molecule has 0 saturated heterocycles. The zero-order valence-electron chi connectivity index (χ0n) is 30.9. The fourth-order valence-corrected chi connectivity index (χ4v) is 8.75. The topological polar surface area (TPSA) is 62.9 Å². The van der Waals surface area contributed by atoms with Gasteiger partial charge in [-0.05, 0) is 83.6 Å². The Morgan fingerprint density at radius 3 is 2.28 bits per heavy atom. The Balaban J connectivity index is 0.00000374. The van der Waals surface area contributed by atoms with Gasteiger partial charge in [0, 0.05) is 39.8 Å². The molecule has 0 spiro atoms. The molecule has 57 heavy (non-hydrogen) atoms. The molecular weight excluding hydrogens is 882 g/mol. The van der Waals surface area contributed by atoms with Gasteiger partial charge in [-0.2, -0.15) is 0 Å². The number of nitrogens with zero attached hydrogens (tertiary/aromatic N) is 5. The third-order valence-corrected chi connectivity index (χ3v) is 11.2. The average molecular weight is 913 g/mol. The molecule has 12 rings (SSSR count). The standard InChI is InChI=1S/C50H31N5O.Pt/c1-29-11-9-12-32(23-29)54-44-25-30(2)24-38(49(44)53-50(54)37-16-10-15-36-33-13-3-5-17-41(33)52-48(36)37)31-20-21-34-39-27-40-35-14-4-6-18-45(35)56-46(40)28-43(39)55(42(34)26-31)47-19-7-8-22-51-47;/h3-25,27-28H,1-2H3;/q-2;+2. The van der Waals surface area contributed by atoms with Crippen molar-refractivity contribution in [3.05, 3.63) is 169 Å². The summed E-state index contributed by atoms with van der Waals surface area (Å²) >= 11 is 0. The molecule has 0 bridgehead atoms. The summed E-state index contributed by atoms with van der Waals surface area (Å²) in [5.74, 6) is 1.67. The summed E-state index contributed by atoms with van der Waals surface area (Å²) in [5.41, 5.74) is 13.9. The summed E-state index contributed by atoms with van der Waals surface area (Å²) in [6.45, 7) is 4.29. The van der Waals surface area contributed by atoms with Crippen molar-refractivity contribution in [1.82, 2.24) is 24.1 Å². The Labute approximate surface area is 341 Å². The number of para-hydroxylation sites is 3. The van der Waals surface area contributed by atoms with E-state index in [1.165, 1.54) is 5.56 Å². The maximum Gasteiger partial charge on any atom is 2.00 e. The first kappa shape index (κ1) is 33.6. The van der Waals surface area contributed by atoms with E-state index in [0.29, 0.717) is 0 Å². The van der Waals surface area contributed by atoms with E-state index in [0.717, 1.165) is 116 Å². The van der Waals surface area contributed by atoms with Crippen molar-refractivity contribution >= 4 is 76.6 Å². The predicted octanol–water partition coefficient (Wildman–Crippen LogP) is 12.4. The average Bonchev–Trinajstić information content (AvgIpc) is 3.98. The van der Waals surface area contributed by atoms with Crippen molar-refractivity contribution in [3.8, 4) is 34.0 Å². The number of aromatic nitrogens is 5. The summed E-state index contributed by atoms with van der Waals surface area (Å²) in [6.07, 6.45) is 1.84. The van der Waals surface area contributed by atoms with Gasteiger partial charge in [-0.3, -0.25) is 4.57 Å². The molecular formula is C50H31N5OPt. The second kappa shape index (κ2) is 12.6.